The number of carbonyl (C=O) groups is 2. The Hall–Kier alpha value is -4.16. The van der Waals surface area contributed by atoms with Gasteiger partial charge < -0.3 is 15.0 Å². The van der Waals surface area contributed by atoms with Crippen molar-refractivity contribution in [3.63, 3.8) is 0 Å². The molecule has 11 nitrogen and oxygen atoms in total. The number of likely N-dealkylation sites (N-methyl/N-ethyl adjacent to an activating group) is 1. The minimum Gasteiger partial charge on any atom is -0.495 e. The Morgan fingerprint density at radius 3 is 2.39 bits per heavy atom. The van der Waals surface area contributed by atoms with Crippen LogP contribution in [0.4, 0.5) is 11.4 Å². The van der Waals surface area contributed by atoms with Gasteiger partial charge in [-0.3, -0.25) is 24.0 Å². The molecule has 0 aliphatic heterocycles. The number of aryl methyl sites for hydroxylation is 1. The number of ether oxygens (including phenoxy) is 1. The number of anilines is 1. The predicted molar refractivity (Wildman–Crippen MR) is 156 cm³/mol. The first-order chi connectivity index (χ1) is 19.4. The van der Waals surface area contributed by atoms with E-state index in [-0.39, 0.29) is 28.6 Å². The molecule has 1 N–H and O–H groups in total. The van der Waals surface area contributed by atoms with Crippen LogP contribution >= 0.6 is 11.6 Å². The van der Waals surface area contributed by atoms with Crippen LogP contribution in [-0.4, -0.2) is 56.3 Å². The summed E-state index contributed by atoms with van der Waals surface area (Å²) in [5.74, 6) is -1.01. The van der Waals surface area contributed by atoms with Gasteiger partial charge in [-0.05, 0) is 50.6 Å². The third-order valence-corrected chi connectivity index (χ3v) is 8.36. The lowest BCUT2D eigenvalue weighted by molar-refractivity contribution is -0.385. The van der Waals surface area contributed by atoms with E-state index in [2.05, 4.69) is 5.32 Å². The quantitative estimate of drug-likeness (QED) is 0.241. The van der Waals surface area contributed by atoms with Crippen molar-refractivity contribution in [2.75, 3.05) is 24.5 Å². The van der Waals surface area contributed by atoms with Crippen molar-refractivity contribution in [2.24, 2.45) is 0 Å². The highest BCUT2D eigenvalue weighted by Crippen LogP contribution is 2.36. The fourth-order valence-electron chi connectivity index (χ4n) is 4.13. The molecule has 3 rings (SSSR count). The molecular weight excluding hydrogens is 572 g/mol. The number of carbonyl (C=O) groups excluding carboxylic acids is 2. The summed E-state index contributed by atoms with van der Waals surface area (Å²) >= 11 is 6.22. The molecule has 1 atom stereocenters. The molecule has 218 valence electrons. The Bertz CT molecular complexity index is 1530. The first-order valence-electron chi connectivity index (χ1n) is 12.6. The summed E-state index contributed by atoms with van der Waals surface area (Å²) in [5, 5.41) is 14.4. The Kier molecular flexibility index (Phi) is 10.3. The Morgan fingerprint density at radius 1 is 1.10 bits per heavy atom. The van der Waals surface area contributed by atoms with Gasteiger partial charge in [0.25, 0.3) is 15.7 Å². The molecule has 0 spiro atoms. The number of amides is 2. The summed E-state index contributed by atoms with van der Waals surface area (Å²) in [6.45, 7) is 4.39. The normalized spacial score (nSPS) is 11.8. The van der Waals surface area contributed by atoms with E-state index < -0.39 is 49.9 Å². The SMILES string of the molecule is CCNC(=O)[C@H](C)N(Cc1ccccc1)C(=O)CN(c1cc(Cl)ccc1OC)S(=O)(=O)c1ccc(C)c([N+](=O)[O-])c1. The molecule has 0 aliphatic carbocycles. The summed E-state index contributed by atoms with van der Waals surface area (Å²) in [6, 6.07) is 15.7. The first-order valence-corrected chi connectivity index (χ1v) is 14.4. The van der Waals surface area contributed by atoms with Gasteiger partial charge in [0.05, 0.1) is 22.6 Å². The van der Waals surface area contributed by atoms with E-state index in [9.17, 15) is 28.1 Å². The minimum absolute atomic E-state index is 0.0224. The lowest BCUT2D eigenvalue weighted by Gasteiger charge is -2.32. The number of nitro benzene ring substituents is 1. The van der Waals surface area contributed by atoms with Crippen LogP contribution in [0.15, 0.2) is 71.6 Å². The molecule has 0 aliphatic rings. The van der Waals surface area contributed by atoms with E-state index in [1.807, 2.05) is 6.07 Å². The largest absolute Gasteiger partial charge is 0.495 e. The maximum Gasteiger partial charge on any atom is 0.273 e. The van der Waals surface area contributed by atoms with Crippen LogP contribution in [0.5, 0.6) is 5.75 Å². The average molecular weight is 603 g/mol. The molecule has 0 unspecified atom stereocenters. The highest BCUT2D eigenvalue weighted by molar-refractivity contribution is 7.92. The number of nitro groups is 1. The van der Waals surface area contributed by atoms with Crippen LogP contribution in [0.25, 0.3) is 0 Å². The fraction of sp³-hybridized carbons (Fsp3) is 0.286. The average Bonchev–Trinajstić information content (AvgIpc) is 2.94. The van der Waals surface area contributed by atoms with Gasteiger partial charge >= 0.3 is 0 Å². The molecule has 2 amide bonds. The summed E-state index contributed by atoms with van der Waals surface area (Å²) in [6.07, 6.45) is 0. The van der Waals surface area contributed by atoms with Gasteiger partial charge in [0.2, 0.25) is 11.8 Å². The predicted octanol–water partition coefficient (Wildman–Crippen LogP) is 4.31. The molecule has 0 saturated heterocycles. The Balaban J connectivity index is 2.16. The van der Waals surface area contributed by atoms with E-state index in [1.54, 1.807) is 38.1 Å². The summed E-state index contributed by atoms with van der Waals surface area (Å²) in [4.78, 5) is 38.5. The van der Waals surface area contributed by atoms with Crippen molar-refractivity contribution in [1.29, 1.82) is 0 Å². The molecule has 0 saturated carbocycles. The molecule has 0 radical (unpaired) electrons. The van der Waals surface area contributed by atoms with Crippen molar-refractivity contribution in [2.45, 2.75) is 38.3 Å². The molecule has 0 bridgehead atoms. The first kappa shape index (κ1) is 31.4. The Morgan fingerprint density at radius 2 is 1.78 bits per heavy atom. The smallest absolute Gasteiger partial charge is 0.273 e. The van der Waals surface area contributed by atoms with Gasteiger partial charge in [-0.2, -0.15) is 0 Å². The standard InChI is InChI=1S/C28H31ClN4O7S/c1-5-30-28(35)20(3)31(17-21-9-7-6-8-10-21)27(34)18-32(25-15-22(29)12-14-26(25)40-4)41(38,39)23-13-11-19(2)24(16-23)33(36)37/h6-16,20H,5,17-18H2,1-4H3,(H,30,35)/t20-/m0/s1. The van der Waals surface area contributed by atoms with E-state index in [4.69, 9.17) is 16.3 Å². The van der Waals surface area contributed by atoms with Gasteiger partial charge in [-0.15, -0.1) is 0 Å². The lowest BCUT2D eigenvalue weighted by atomic mass is 10.1. The number of nitrogens with zero attached hydrogens (tertiary/aromatic N) is 3. The van der Waals surface area contributed by atoms with E-state index in [0.717, 1.165) is 15.9 Å². The topological polar surface area (TPSA) is 139 Å². The zero-order valence-electron chi connectivity index (χ0n) is 23.0. The second kappa shape index (κ2) is 13.5. The molecule has 13 heteroatoms. The van der Waals surface area contributed by atoms with Gasteiger partial charge in [0, 0.05) is 29.7 Å². The van der Waals surface area contributed by atoms with Crippen molar-refractivity contribution >= 4 is 44.8 Å². The van der Waals surface area contributed by atoms with Crippen molar-refractivity contribution in [1.82, 2.24) is 10.2 Å². The molecule has 3 aromatic rings. The van der Waals surface area contributed by atoms with E-state index >= 15 is 0 Å². The summed E-state index contributed by atoms with van der Waals surface area (Å²) in [5.41, 5.74) is 0.537. The maximum atomic E-state index is 14.1. The number of halogens is 1. The van der Waals surface area contributed by atoms with Gasteiger partial charge in [-0.25, -0.2) is 8.42 Å². The number of methoxy groups -OCH3 is 1. The van der Waals surface area contributed by atoms with Crippen molar-refractivity contribution in [3.05, 3.63) is 93.0 Å². The van der Waals surface area contributed by atoms with Crippen LogP contribution in [0.3, 0.4) is 0 Å². The monoisotopic (exact) mass is 602 g/mol. The maximum absolute atomic E-state index is 14.1. The molecule has 0 aromatic heterocycles. The summed E-state index contributed by atoms with van der Waals surface area (Å²) in [7, 11) is -3.26. The van der Waals surface area contributed by atoms with Crippen LogP contribution in [-0.2, 0) is 26.2 Å². The zero-order chi connectivity index (χ0) is 30.3. The minimum atomic E-state index is -4.59. The van der Waals surface area contributed by atoms with Crippen LogP contribution in [0.1, 0.15) is 25.0 Å². The second-order valence-electron chi connectivity index (χ2n) is 9.11. The highest BCUT2D eigenvalue weighted by Gasteiger charge is 2.34. The van der Waals surface area contributed by atoms with Gasteiger partial charge in [0.15, 0.2) is 0 Å². The Labute approximate surface area is 243 Å². The molecule has 0 fully saturated rings. The van der Waals surface area contributed by atoms with Gasteiger partial charge in [-0.1, -0.05) is 48.0 Å². The molecule has 0 heterocycles. The number of hydrogen-bond donors (Lipinski definition) is 1. The van der Waals surface area contributed by atoms with Crippen LogP contribution < -0.4 is 14.4 Å². The molecular formula is C28H31ClN4O7S. The van der Waals surface area contributed by atoms with Gasteiger partial charge in [0.1, 0.15) is 18.3 Å². The van der Waals surface area contributed by atoms with Crippen molar-refractivity contribution in [3.8, 4) is 5.75 Å². The number of hydrogen-bond acceptors (Lipinski definition) is 7. The highest BCUT2D eigenvalue weighted by atomic mass is 35.5. The van der Waals surface area contributed by atoms with Crippen LogP contribution in [0.2, 0.25) is 5.02 Å². The number of benzene rings is 3. The fourth-order valence-corrected chi connectivity index (χ4v) is 5.73. The van der Waals surface area contributed by atoms with Crippen molar-refractivity contribution < 1.29 is 27.7 Å². The molecule has 41 heavy (non-hydrogen) atoms. The summed E-state index contributed by atoms with van der Waals surface area (Å²) < 4.78 is 34.3. The number of sulfonamides is 1. The number of nitrogens with one attached hydrogen (secondary N) is 1. The third kappa shape index (κ3) is 7.33. The zero-order valence-corrected chi connectivity index (χ0v) is 24.6. The third-order valence-electron chi connectivity index (χ3n) is 6.37. The lowest BCUT2D eigenvalue weighted by Crippen LogP contribution is -2.51. The second-order valence-corrected chi connectivity index (χ2v) is 11.4. The van der Waals surface area contributed by atoms with E-state index in [0.29, 0.717) is 6.54 Å². The molecule has 3 aromatic carbocycles. The number of rotatable bonds is 12. The van der Waals surface area contributed by atoms with Crippen LogP contribution in [0, 0.1) is 17.0 Å². The van der Waals surface area contributed by atoms with E-state index in [1.165, 1.54) is 49.3 Å².